The number of rotatable bonds is 4. The zero-order chi connectivity index (χ0) is 14.0. The fraction of sp³-hybridized carbons (Fsp3) is 0.385. The van der Waals surface area contributed by atoms with Gasteiger partial charge in [-0.2, -0.15) is 4.98 Å². The van der Waals surface area contributed by atoms with E-state index in [9.17, 15) is 5.11 Å². The highest BCUT2D eigenvalue weighted by Crippen LogP contribution is 2.32. The second-order valence-electron chi connectivity index (χ2n) is 4.53. The molecule has 1 aromatic carbocycles. The van der Waals surface area contributed by atoms with Crippen molar-refractivity contribution in [2.75, 3.05) is 6.61 Å². The number of aromatic nitrogens is 2. The van der Waals surface area contributed by atoms with Crippen LogP contribution in [0.25, 0.3) is 11.5 Å². The lowest BCUT2D eigenvalue weighted by Gasteiger charge is -2.19. The van der Waals surface area contributed by atoms with Crippen LogP contribution in [0.15, 0.2) is 22.7 Å². The number of phenolic OH excluding ortho intramolecular Hbond substituents is 1. The number of hydrogen-bond donors (Lipinski definition) is 1. The van der Waals surface area contributed by atoms with Crippen molar-refractivity contribution in [2.45, 2.75) is 26.4 Å². The molecule has 1 aromatic heterocycles. The summed E-state index contributed by atoms with van der Waals surface area (Å²) in [6, 6.07) is 4.64. The Morgan fingerprint density at radius 2 is 2.16 bits per heavy atom. The normalized spacial score (nSPS) is 11.8. The van der Waals surface area contributed by atoms with Crippen LogP contribution in [0.2, 0.25) is 5.02 Å². The molecule has 0 aliphatic heterocycles. The second kappa shape index (κ2) is 5.19. The number of halogens is 1. The zero-order valence-corrected chi connectivity index (χ0v) is 11.7. The molecule has 1 heterocycles. The molecule has 0 fully saturated rings. The molecule has 19 heavy (non-hydrogen) atoms. The van der Waals surface area contributed by atoms with Gasteiger partial charge < -0.3 is 14.4 Å². The summed E-state index contributed by atoms with van der Waals surface area (Å²) in [6.07, 6.45) is 0. The predicted octanol–water partition coefficient (Wildman–Crippen LogP) is 3.37. The third kappa shape index (κ3) is 2.88. The Morgan fingerprint density at radius 1 is 1.42 bits per heavy atom. The molecule has 0 aliphatic rings. The molecular formula is C13H15ClN2O3. The van der Waals surface area contributed by atoms with E-state index in [1.807, 2.05) is 20.8 Å². The van der Waals surface area contributed by atoms with Crippen molar-refractivity contribution in [3.05, 3.63) is 29.0 Å². The largest absolute Gasteiger partial charge is 0.507 e. The molecule has 0 bridgehead atoms. The van der Waals surface area contributed by atoms with E-state index >= 15 is 0 Å². The number of hydrogen-bond acceptors (Lipinski definition) is 5. The van der Waals surface area contributed by atoms with Crippen LogP contribution in [-0.2, 0) is 10.3 Å². The standard InChI is InChI=1S/C13H15ClN2O3/c1-4-18-13(2,3)12-15-11(19-16-12)9-7-8(14)5-6-10(9)17/h5-7,17H,4H2,1-3H3. The smallest absolute Gasteiger partial charge is 0.261 e. The lowest BCUT2D eigenvalue weighted by Crippen LogP contribution is -2.23. The third-order valence-electron chi connectivity index (χ3n) is 2.66. The first-order valence-corrected chi connectivity index (χ1v) is 6.29. The van der Waals surface area contributed by atoms with Crippen LogP contribution < -0.4 is 0 Å². The third-order valence-corrected chi connectivity index (χ3v) is 2.89. The molecule has 0 atom stereocenters. The number of nitrogens with zero attached hydrogens (tertiary/aromatic N) is 2. The molecule has 0 saturated heterocycles. The molecule has 0 unspecified atom stereocenters. The summed E-state index contributed by atoms with van der Waals surface area (Å²) < 4.78 is 10.7. The molecular weight excluding hydrogens is 268 g/mol. The minimum Gasteiger partial charge on any atom is -0.507 e. The maximum absolute atomic E-state index is 9.79. The first-order chi connectivity index (χ1) is 8.94. The fourth-order valence-corrected chi connectivity index (χ4v) is 1.85. The van der Waals surface area contributed by atoms with Crippen molar-refractivity contribution >= 4 is 11.6 Å². The maximum Gasteiger partial charge on any atom is 0.261 e. The Kier molecular flexibility index (Phi) is 3.78. The van der Waals surface area contributed by atoms with Crippen LogP contribution in [0.1, 0.15) is 26.6 Å². The van der Waals surface area contributed by atoms with Crippen molar-refractivity contribution in [3.8, 4) is 17.2 Å². The van der Waals surface area contributed by atoms with Gasteiger partial charge in [-0.15, -0.1) is 0 Å². The second-order valence-corrected chi connectivity index (χ2v) is 4.96. The number of aromatic hydroxyl groups is 1. The van der Waals surface area contributed by atoms with Crippen LogP contribution in [-0.4, -0.2) is 21.9 Å². The molecule has 2 rings (SSSR count). The molecule has 0 amide bonds. The monoisotopic (exact) mass is 282 g/mol. The van der Waals surface area contributed by atoms with E-state index in [1.165, 1.54) is 6.07 Å². The van der Waals surface area contributed by atoms with Crippen LogP contribution in [0.4, 0.5) is 0 Å². The van der Waals surface area contributed by atoms with Crippen molar-refractivity contribution < 1.29 is 14.4 Å². The SMILES string of the molecule is CCOC(C)(C)c1noc(-c2cc(Cl)ccc2O)n1. The van der Waals surface area contributed by atoms with Gasteiger partial charge in [-0.1, -0.05) is 16.8 Å². The van der Waals surface area contributed by atoms with Gasteiger partial charge in [0.1, 0.15) is 11.4 Å². The lowest BCUT2D eigenvalue weighted by molar-refractivity contribution is -0.0221. The molecule has 6 heteroatoms. The van der Waals surface area contributed by atoms with Gasteiger partial charge in [-0.05, 0) is 39.0 Å². The number of phenols is 1. The summed E-state index contributed by atoms with van der Waals surface area (Å²) >= 11 is 5.89. The summed E-state index contributed by atoms with van der Waals surface area (Å²) in [6.45, 7) is 6.14. The summed E-state index contributed by atoms with van der Waals surface area (Å²) in [5, 5.41) is 14.2. The van der Waals surface area contributed by atoms with Crippen LogP contribution >= 0.6 is 11.6 Å². The van der Waals surface area contributed by atoms with Gasteiger partial charge in [0, 0.05) is 11.6 Å². The van der Waals surface area contributed by atoms with Gasteiger partial charge in [0.2, 0.25) is 5.82 Å². The first-order valence-electron chi connectivity index (χ1n) is 5.91. The van der Waals surface area contributed by atoms with Gasteiger partial charge >= 0.3 is 0 Å². The molecule has 0 aliphatic carbocycles. The van der Waals surface area contributed by atoms with Gasteiger partial charge in [0.25, 0.3) is 5.89 Å². The molecule has 0 radical (unpaired) electrons. The zero-order valence-electron chi connectivity index (χ0n) is 11.0. The van der Waals surface area contributed by atoms with E-state index in [4.69, 9.17) is 20.9 Å². The Morgan fingerprint density at radius 3 is 2.84 bits per heavy atom. The lowest BCUT2D eigenvalue weighted by atomic mass is 10.1. The topological polar surface area (TPSA) is 68.4 Å². The molecule has 5 nitrogen and oxygen atoms in total. The number of benzene rings is 1. The minimum absolute atomic E-state index is 0.0359. The van der Waals surface area contributed by atoms with Crippen LogP contribution in [0.3, 0.4) is 0 Å². The Labute approximate surface area is 116 Å². The molecule has 1 N–H and O–H groups in total. The van der Waals surface area contributed by atoms with Gasteiger partial charge in [-0.3, -0.25) is 0 Å². The molecule has 102 valence electrons. The Bertz CT molecular complexity index is 581. The van der Waals surface area contributed by atoms with E-state index in [2.05, 4.69) is 10.1 Å². The quantitative estimate of drug-likeness (QED) is 0.931. The first kappa shape index (κ1) is 13.8. The summed E-state index contributed by atoms with van der Waals surface area (Å²) in [5.41, 5.74) is -0.247. The Hall–Kier alpha value is -1.59. The maximum atomic E-state index is 9.79. The average molecular weight is 283 g/mol. The molecule has 2 aromatic rings. The highest BCUT2D eigenvalue weighted by Gasteiger charge is 2.28. The summed E-state index contributed by atoms with van der Waals surface area (Å²) in [7, 11) is 0. The van der Waals surface area contributed by atoms with Crippen molar-refractivity contribution in [3.63, 3.8) is 0 Å². The predicted molar refractivity (Wildman–Crippen MR) is 71.1 cm³/mol. The van der Waals surface area contributed by atoms with Crippen LogP contribution in [0.5, 0.6) is 5.75 Å². The van der Waals surface area contributed by atoms with Crippen molar-refractivity contribution in [2.24, 2.45) is 0 Å². The van der Waals surface area contributed by atoms with Crippen molar-refractivity contribution in [1.82, 2.24) is 10.1 Å². The fourth-order valence-electron chi connectivity index (χ4n) is 1.68. The summed E-state index contributed by atoms with van der Waals surface area (Å²) in [4.78, 5) is 4.25. The summed E-state index contributed by atoms with van der Waals surface area (Å²) in [5.74, 6) is 0.667. The molecule has 0 spiro atoms. The van der Waals surface area contributed by atoms with E-state index < -0.39 is 5.60 Å². The average Bonchev–Trinajstić information content (AvgIpc) is 2.82. The van der Waals surface area contributed by atoms with E-state index in [-0.39, 0.29) is 11.6 Å². The minimum atomic E-state index is -0.648. The van der Waals surface area contributed by atoms with Crippen molar-refractivity contribution in [1.29, 1.82) is 0 Å². The number of ether oxygens (including phenoxy) is 1. The van der Waals surface area contributed by atoms with Gasteiger partial charge in [-0.25, -0.2) is 0 Å². The van der Waals surface area contributed by atoms with Gasteiger partial charge in [0.05, 0.1) is 5.56 Å². The highest BCUT2D eigenvalue weighted by molar-refractivity contribution is 6.30. The highest BCUT2D eigenvalue weighted by atomic mass is 35.5. The van der Waals surface area contributed by atoms with Gasteiger partial charge in [0.15, 0.2) is 0 Å². The Balaban J connectivity index is 2.38. The molecule has 0 saturated carbocycles. The van der Waals surface area contributed by atoms with E-state index in [0.717, 1.165) is 0 Å². The van der Waals surface area contributed by atoms with E-state index in [0.29, 0.717) is 23.0 Å². The van der Waals surface area contributed by atoms with E-state index in [1.54, 1.807) is 12.1 Å². The van der Waals surface area contributed by atoms with Crippen LogP contribution in [0, 0.1) is 0 Å².